The van der Waals surface area contributed by atoms with Gasteiger partial charge in [0.25, 0.3) is 0 Å². The van der Waals surface area contributed by atoms with Gasteiger partial charge in [0.2, 0.25) is 0 Å². The fraction of sp³-hybridized carbons (Fsp3) is 0.909. The number of nitrogens with zero attached hydrogens (tertiary/aromatic N) is 1. The molecule has 72 valence electrons. The number of nitrogens with one attached hydrogen (secondary N) is 1. The Morgan fingerprint density at radius 1 is 1.23 bits per heavy atom. The molecule has 0 aromatic rings. The van der Waals surface area contributed by atoms with E-state index in [4.69, 9.17) is 5.41 Å². The van der Waals surface area contributed by atoms with E-state index in [1.54, 1.807) is 0 Å². The second-order valence-electron chi connectivity index (χ2n) is 4.99. The van der Waals surface area contributed by atoms with Gasteiger partial charge in [0.1, 0.15) is 0 Å². The fourth-order valence-electron chi connectivity index (χ4n) is 3.65. The van der Waals surface area contributed by atoms with E-state index in [0.29, 0.717) is 0 Å². The van der Waals surface area contributed by atoms with E-state index >= 15 is 0 Å². The average Bonchev–Trinajstić information content (AvgIpc) is 2.77. The zero-order valence-electron chi connectivity index (χ0n) is 8.13. The van der Waals surface area contributed by atoms with Crippen molar-refractivity contribution in [3.8, 4) is 0 Å². The maximum atomic E-state index is 7.88. The molecule has 1 saturated heterocycles. The van der Waals surface area contributed by atoms with Crippen molar-refractivity contribution in [2.45, 2.75) is 44.6 Å². The molecule has 13 heavy (non-hydrogen) atoms. The fourth-order valence-corrected chi connectivity index (χ4v) is 3.65. The Labute approximate surface area is 79.8 Å². The molecule has 2 bridgehead atoms. The van der Waals surface area contributed by atoms with Gasteiger partial charge in [-0.15, -0.1) is 0 Å². The quantitative estimate of drug-likeness (QED) is 0.655. The lowest BCUT2D eigenvalue weighted by Gasteiger charge is -2.32. The van der Waals surface area contributed by atoms with Crippen LogP contribution in [0.5, 0.6) is 0 Å². The Kier molecular flexibility index (Phi) is 1.64. The molecular weight excluding hydrogens is 160 g/mol. The van der Waals surface area contributed by atoms with Crippen LogP contribution in [-0.4, -0.2) is 23.3 Å². The van der Waals surface area contributed by atoms with Gasteiger partial charge in [-0.1, -0.05) is 6.42 Å². The van der Waals surface area contributed by atoms with E-state index in [9.17, 15) is 0 Å². The van der Waals surface area contributed by atoms with Crippen LogP contribution in [0.2, 0.25) is 0 Å². The maximum absolute atomic E-state index is 7.88. The van der Waals surface area contributed by atoms with Crippen molar-refractivity contribution < 1.29 is 0 Å². The van der Waals surface area contributed by atoms with Gasteiger partial charge in [0.15, 0.2) is 0 Å². The van der Waals surface area contributed by atoms with Crippen LogP contribution in [0.1, 0.15) is 38.5 Å². The molecule has 0 spiro atoms. The number of amidine groups is 1. The molecule has 2 nitrogen and oxygen atoms in total. The molecule has 1 heterocycles. The third kappa shape index (κ3) is 1.11. The van der Waals surface area contributed by atoms with Gasteiger partial charge in [0.05, 0.1) is 5.84 Å². The first-order valence-corrected chi connectivity index (χ1v) is 5.68. The molecule has 3 atom stereocenters. The largest absolute Gasteiger partial charge is 0.357 e. The third-order valence-corrected chi connectivity index (χ3v) is 4.26. The minimum atomic E-state index is 0.772. The summed E-state index contributed by atoms with van der Waals surface area (Å²) in [6.45, 7) is 1.17. The number of fused-ring (bicyclic) bond motifs is 2. The van der Waals surface area contributed by atoms with Crippen molar-refractivity contribution in [1.29, 1.82) is 5.41 Å². The summed E-state index contributed by atoms with van der Waals surface area (Å²) in [5, 5.41) is 7.88. The summed E-state index contributed by atoms with van der Waals surface area (Å²) in [4.78, 5) is 2.41. The van der Waals surface area contributed by atoms with E-state index in [2.05, 4.69) is 4.90 Å². The smallest absolute Gasteiger partial charge is 0.0960 e. The zero-order valence-corrected chi connectivity index (χ0v) is 8.13. The second kappa shape index (κ2) is 2.73. The first-order chi connectivity index (χ1) is 6.34. The van der Waals surface area contributed by atoms with Crippen LogP contribution >= 0.6 is 0 Å². The van der Waals surface area contributed by atoms with Crippen molar-refractivity contribution in [2.75, 3.05) is 6.54 Å². The predicted molar refractivity (Wildman–Crippen MR) is 52.9 cm³/mol. The Hall–Kier alpha value is -0.530. The van der Waals surface area contributed by atoms with E-state index in [0.717, 1.165) is 30.1 Å². The number of hydrogen-bond donors (Lipinski definition) is 1. The number of likely N-dealkylation sites (tertiary alicyclic amines) is 1. The first-order valence-electron chi connectivity index (χ1n) is 5.68. The summed E-state index contributed by atoms with van der Waals surface area (Å²) in [6, 6.07) is 0.772. The van der Waals surface area contributed by atoms with Gasteiger partial charge in [-0.2, -0.15) is 0 Å². The zero-order chi connectivity index (χ0) is 8.84. The van der Waals surface area contributed by atoms with E-state index < -0.39 is 0 Å². The van der Waals surface area contributed by atoms with Gasteiger partial charge in [-0.3, -0.25) is 5.41 Å². The van der Waals surface area contributed by atoms with Crippen molar-refractivity contribution in [1.82, 2.24) is 4.90 Å². The molecule has 1 N–H and O–H groups in total. The number of rotatable bonds is 1. The monoisotopic (exact) mass is 178 g/mol. The highest BCUT2D eigenvalue weighted by molar-refractivity contribution is 5.81. The standard InChI is InChI=1S/C11H18N2/c12-11-2-1-5-13(11)10-7-8-3-4-9(10)6-8/h8-10,12H,1-7H2. The van der Waals surface area contributed by atoms with Gasteiger partial charge in [0, 0.05) is 19.0 Å². The summed E-state index contributed by atoms with van der Waals surface area (Å²) in [7, 11) is 0. The van der Waals surface area contributed by atoms with Gasteiger partial charge in [-0.05, 0) is 37.5 Å². The lowest BCUT2D eigenvalue weighted by atomic mass is 9.94. The predicted octanol–water partition coefficient (Wildman–Crippen LogP) is 2.25. The van der Waals surface area contributed by atoms with Gasteiger partial charge >= 0.3 is 0 Å². The summed E-state index contributed by atoms with van der Waals surface area (Å²) < 4.78 is 0. The summed E-state index contributed by atoms with van der Waals surface area (Å²) in [6.07, 6.45) is 8.05. The van der Waals surface area contributed by atoms with Crippen LogP contribution in [0.3, 0.4) is 0 Å². The maximum Gasteiger partial charge on any atom is 0.0960 e. The minimum absolute atomic E-state index is 0.772. The Balaban J connectivity index is 1.75. The molecule has 0 aromatic heterocycles. The molecule has 3 unspecified atom stereocenters. The molecule has 2 aliphatic carbocycles. The summed E-state index contributed by atoms with van der Waals surface area (Å²) >= 11 is 0. The lowest BCUT2D eigenvalue weighted by Crippen LogP contribution is -2.39. The summed E-state index contributed by atoms with van der Waals surface area (Å²) in [5.41, 5.74) is 0. The van der Waals surface area contributed by atoms with E-state index in [1.807, 2.05) is 0 Å². The third-order valence-electron chi connectivity index (χ3n) is 4.26. The molecule has 0 radical (unpaired) electrons. The van der Waals surface area contributed by atoms with Crippen LogP contribution in [0.4, 0.5) is 0 Å². The second-order valence-corrected chi connectivity index (χ2v) is 4.99. The lowest BCUT2D eigenvalue weighted by molar-refractivity contribution is 0.239. The van der Waals surface area contributed by atoms with Crippen LogP contribution in [0.25, 0.3) is 0 Å². The highest BCUT2D eigenvalue weighted by Crippen LogP contribution is 2.47. The van der Waals surface area contributed by atoms with Crippen molar-refractivity contribution in [3.63, 3.8) is 0 Å². The Morgan fingerprint density at radius 3 is 2.69 bits per heavy atom. The molecule has 0 amide bonds. The van der Waals surface area contributed by atoms with E-state index in [1.165, 1.54) is 38.6 Å². The first kappa shape index (κ1) is 7.84. The Bertz CT molecular complexity index is 236. The molecule has 0 aromatic carbocycles. The number of hydrogen-bond acceptors (Lipinski definition) is 1. The topological polar surface area (TPSA) is 27.1 Å². The van der Waals surface area contributed by atoms with Gasteiger partial charge in [-0.25, -0.2) is 0 Å². The van der Waals surface area contributed by atoms with Crippen LogP contribution in [-0.2, 0) is 0 Å². The SMILES string of the molecule is N=C1CCCN1C1CC2CCC1C2. The van der Waals surface area contributed by atoms with Crippen LogP contribution in [0, 0.1) is 17.2 Å². The summed E-state index contributed by atoms with van der Waals surface area (Å²) in [5.74, 6) is 2.89. The van der Waals surface area contributed by atoms with E-state index in [-0.39, 0.29) is 0 Å². The normalized spacial score (nSPS) is 43.5. The molecular formula is C11H18N2. The molecule has 3 rings (SSSR count). The molecule has 2 saturated carbocycles. The Morgan fingerprint density at radius 2 is 2.15 bits per heavy atom. The molecule has 3 fully saturated rings. The highest BCUT2D eigenvalue weighted by Gasteiger charge is 2.43. The van der Waals surface area contributed by atoms with Crippen molar-refractivity contribution in [2.24, 2.45) is 11.8 Å². The van der Waals surface area contributed by atoms with Crippen molar-refractivity contribution >= 4 is 5.84 Å². The van der Waals surface area contributed by atoms with Crippen LogP contribution in [0.15, 0.2) is 0 Å². The van der Waals surface area contributed by atoms with Crippen LogP contribution < -0.4 is 0 Å². The molecule has 3 aliphatic rings. The average molecular weight is 178 g/mol. The molecule has 2 heteroatoms. The molecule has 1 aliphatic heterocycles. The van der Waals surface area contributed by atoms with Crippen molar-refractivity contribution in [3.05, 3.63) is 0 Å². The minimum Gasteiger partial charge on any atom is -0.357 e. The van der Waals surface area contributed by atoms with Gasteiger partial charge < -0.3 is 4.90 Å². The highest BCUT2D eigenvalue weighted by atomic mass is 15.2.